The summed E-state index contributed by atoms with van der Waals surface area (Å²) in [4.78, 5) is 22.3. The van der Waals surface area contributed by atoms with Crippen LogP contribution in [0.25, 0.3) is 6.08 Å². The van der Waals surface area contributed by atoms with Crippen LogP contribution in [-0.2, 0) is 11.2 Å². The number of hydrogen-bond acceptors (Lipinski definition) is 2. The highest BCUT2D eigenvalue weighted by Gasteiger charge is 2.27. The Balaban J connectivity index is 2.58. The van der Waals surface area contributed by atoms with Gasteiger partial charge in [0.2, 0.25) is 11.6 Å². The minimum absolute atomic E-state index is 0.246. The van der Waals surface area contributed by atoms with Gasteiger partial charge in [-0.15, -0.1) is 0 Å². The predicted molar refractivity (Wildman–Crippen MR) is 49.6 cm³/mol. The highest BCUT2D eigenvalue weighted by molar-refractivity contribution is 6.47. The first-order chi connectivity index (χ1) is 6.22. The number of carbonyl (C=O) groups excluding carboxylic acids is 2. The zero-order valence-electron chi connectivity index (χ0n) is 7.04. The third-order valence-electron chi connectivity index (χ3n) is 2.21. The van der Waals surface area contributed by atoms with Crippen LogP contribution in [0, 0.1) is 0 Å². The largest absolute Gasteiger partial charge is 0.290 e. The molecule has 2 heteroatoms. The molecule has 1 aliphatic rings. The van der Waals surface area contributed by atoms with E-state index in [-0.39, 0.29) is 18.0 Å². The van der Waals surface area contributed by atoms with Gasteiger partial charge in [0.15, 0.2) is 0 Å². The minimum Gasteiger partial charge on any atom is -0.290 e. The van der Waals surface area contributed by atoms with Crippen LogP contribution < -0.4 is 0 Å². The molecule has 64 valence electrons. The number of hydrogen-bond donors (Lipinski definition) is 0. The van der Waals surface area contributed by atoms with Gasteiger partial charge in [-0.3, -0.25) is 9.59 Å². The first-order valence-corrected chi connectivity index (χ1v) is 4.05. The molecule has 0 aromatic heterocycles. The SMILES string of the molecule is C=Cc1ccc2c(c1)CC(=O)C2=O. The molecule has 0 saturated heterocycles. The molecule has 0 atom stereocenters. The summed E-state index contributed by atoms with van der Waals surface area (Å²) in [5, 5.41) is 0. The van der Waals surface area contributed by atoms with Crippen LogP contribution in [0.4, 0.5) is 0 Å². The summed E-state index contributed by atoms with van der Waals surface area (Å²) in [6.07, 6.45) is 1.95. The molecule has 0 fully saturated rings. The lowest BCUT2D eigenvalue weighted by Crippen LogP contribution is -2.05. The van der Waals surface area contributed by atoms with E-state index >= 15 is 0 Å². The zero-order valence-corrected chi connectivity index (χ0v) is 7.04. The fraction of sp³-hybridized carbons (Fsp3) is 0.0909. The lowest BCUT2D eigenvalue weighted by atomic mass is 10.1. The highest BCUT2D eigenvalue weighted by atomic mass is 16.2. The maximum absolute atomic E-state index is 11.2. The van der Waals surface area contributed by atoms with E-state index in [9.17, 15) is 9.59 Å². The average molecular weight is 172 g/mol. The Morgan fingerprint density at radius 2 is 2.08 bits per heavy atom. The molecule has 2 rings (SSSR count). The van der Waals surface area contributed by atoms with E-state index in [2.05, 4.69) is 6.58 Å². The number of Topliss-reactive ketones (excluding diaryl/α,β-unsaturated/α-hetero) is 2. The Hall–Kier alpha value is -1.70. The normalized spacial score (nSPS) is 14.5. The quantitative estimate of drug-likeness (QED) is 0.603. The van der Waals surface area contributed by atoms with Crippen molar-refractivity contribution in [1.82, 2.24) is 0 Å². The summed E-state index contributed by atoms with van der Waals surface area (Å²) in [6.45, 7) is 3.62. The maximum atomic E-state index is 11.2. The monoisotopic (exact) mass is 172 g/mol. The Labute approximate surface area is 75.9 Å². The van der Waals surface area contributed by atoms with Gasteiger partial charge >= 0.3 is 0 Å². The maximum Gasteiger partial charge on any atom is 0.229 e. The molecule has 0 bridgehead atoms. The third kappa shape index (κ3) is 1.11. The number of fused-ring (bicyclic) bond motifs is 1. The van der Waals surface area contributed by atoms with Crippen molar-refractivity contribution in [2.45, 2.75) is 6.42 Å². The van der Waals surface area contributed by atoms with Gasteiger partial charge in [0.05, 0.1) is 0 Å². The van der Waals surface area contributed by atoms with Crippen LogP contribution in [0.1, 0.15) is 21.5 Å². The first-order valence-electron chi connectivity index (χ1n) is 4.05. The topological polar surface area (TPSA) is 34.1 Å². The Morgan fingerprint density at radius 3 is 2.77 bits per heavy atom. The van der Waals surface area contributed by atoms with Crippen LogP contribution in [-0.4, -0.2) is 11.6 Å². The summed E-state index contributed by atoms with van der Waals surface area (Å²) < 4.78 is 0. The van der Waals surface area contributed by atoms with Gasteiger partial charge in [-0.1, -0.05) is 30.9 Å². The Morgan fingerprint density at radius 1 is 1.31 bits per heavy atom. The average Bonchev–Trinajstić information content (AvgIpc) is 2.42. The fourth-order valence-corrected chi connectivity index (χ4v) is 1.51. The van der Waals surface area contributed by atoms with Crippen molar-refractivity contribution in [2.24, 2.45) is 0 Å². The molecule has 0 spiro atoms. The smallest absolute Gasteiger partial charge is 0.229 e. The summed E-state index contributed by atoms with van der Waals surface area (Å²) in [7, 11) is 0. The second-order valence-electron chi connectivity index (χ2n) is 3.05. The van der Waals surface area contributed by atoms with Crippen molar-refractivity contribution in [3.05, 3.63) is 41.5 Å². The van der Waals surface area contributed by atoms with Gasteiger partial charge in [0.1, 0.15) is 0 Å². The van der Waals surface area contributed by atoms with Crippen molar-refractivity contribution in [3.63, 3.8) is 0 Å². The summed E-state index contributed by atoms with van der Waals surface area (Å²) in [5.74, 6) is -0.665. The molecule has 1 aliphatic carbocycles. The second-order valence-corrected chi connectivity index (χ2v) is 3.05. The van der Waals surface area contributed by atoms with Gasteiger partial charge in [0.25, 0.3) is 0 Å². The van der Waals surface area contributed by atoms with Gasteiger partial charge in [-0.05, 0) is 11.1 Å². The lowest BCUT2D eigenvalue weighted by molar-refractivity contribution is -0.114. The van der Waals surface area contributed by atoms with Crippen molar-refractivity contribution < 1.29 is 9.59 Å². The Kier molecular flexibility index (Phi) is 1.62. The molecule has 0 unspecified atom stereocenters. The molecule has 0 saturated carbocycles. The molecule has 0 aliphatic heterocycles. The zero-order chi connectivity index (χ0) is 9.42. The third-order valence-corrected chi connectivity index (χ3v) is 2.21. The number of benzene rings is 1. The van der Waals surface area contributed by atoms with Crippen LogP contribution in [0.3, 0.4) is 0 Å². The number of ketones is 2. The number of carbonyl (C=O) groups is 2. The summed E-state index contributed by atoms with van der Waals surface area (Å²) in [5.41, 5.74) is 2.32. The van der Waals surface area contributed by atoms with E-state index in [1.165, 1.54) is 0 Å². The molecule has 0 heterocycles. The summed E-state index contributed by atoms with van der Waals surface area (Å²) in [6, 6.07) is 5.33. The molecule has 1 aromatic carbocycles. The standard InChI is InChI=1S/C11H8O2/c1-2-7-3-4-9-8(5-7)6-10(12)11(9)13/h2-5H,1,6H2. The molecular weight excluding hydrogens is 164 g/mol. The molecule has 1 aromatic rings. The fourth-order valence-electron chi connectivity index (χ4n) is 1.51. The van der Waals surface area contributed by atoms with Crippen molar-refractivity contribution in [3.8, 4) is 0 Å². The minimum atomic E-state index is -0.356. The number of rotatable bonds is 1. The first kappa shape index (κ1) is 7.92. The van der Waals surface area contributed by atoms with E-state index in [0.717, 1.165) is 11.1 Å². The molecule has 0 radical (unpaired) electrons. The van der Waals surface area contributed by atoms with Crippen molar-refractivity contribution >= 4 is 17.6 Å². The Bertz CT molecular complexity index is 416. The van der Waals surface area contributed by atoms with E-state index in [4.69, 9.17) is 0 Å². The second kappa shape index (κ2) is 2.66. The summed E-state index contributed by atoms with van der Waals surface area (Å²) >= 11 is 0. The van der Waals surface area contributed by atoms with E-state index < -0.39 is 0 Å². The highest BCUT2D eigenvalue weighted by Crippen LogP contribution is 2.21. The molecule has 0 N–H and O–H groups in total. The van der Waals surface area contributed by atoms with E-state index in [0.29, 0.717) is 5.56 Å². The lowest BCUT2D eigenvalue weighted by Gasteiger charge is -1.97. The van der Waals surface area contributed by atoms with E-state index in [1.807, 2.05) is 6.07 Å². The predicted octanol–water partition coefficient (Wildman–Crippen LogP) is 1.64. The van der Waals surface area contributed by atoms with Crippen LogP contribution >= 0.6 is 0 Å². The van der Waals surface area contributed by atoms with Gasteiger partial charge < -0.3 is 0 Å². The molecular formula is C11H8O2. The molecule has 2 nitrogen and oxygen atoms in total. The molecule has 0 amide bonds. The van der Waals surface area contributed by atoms with E-state index in [1.54, 1.807) is 18.2 Å². The van der Waals surface area contributed by atoms with Gasteiger partial charge in [0, 0.05) is 12.0 Å². The molecule has 13 heavy (non-hydrogen) atoms. The van der Waals surface area contributed by atoms with Gasteiger partial charge in [-0.25, -0.2) is 0 Å². The van der Waals surface area contributed by atoms with Crippen molar-refractivity contribution in [1.29, 1.82) is 0 Å². The van der Waals surface area contributed by atoms with Crippen molar-refractivity contribution in [2.75, 3.05) is 0 Å². The van der Waals surface area contributed by atoms with Crippen LogP contribution in [0.15, 0.2) is 24.8 Å². The van der Waals surface area contributed by atoms with Crippen LogP contribution in [0.5, 0.6) is 0 Å². The van der Waals surface area contributed by atoms with Gasteiger partial charge in [-0.2, -0.15) is 0 Å². The van der Waals surface area contributed by atoms with Crippen LogP contribution in [0.2, 0.25) is 0 Å².